The Kier molecular flexibility index (Phi) is 6.27. The Balaban J connectivity index is 1.59. The van der Waals surface area contributed by atoms with Crippen LogP contribution in [0.3, 0.4) is 0 Å². The van der Waals surface area contributed by atoms with Gasteiger partial charge in [-0.05, 0) is 51.0 Å². The third-order valence-electron chi connectivity index (χ3n) is 5.88. The molecular formula is C24H26N2O6S. The Hall–Kier alpha value is -3.17. The molecule has 0 amide bonds. The van der Waals surface area contributed by atoms with E-state index in [1.807, 2.05) is 24.3 Å². The molecule has 1 aromatic heterocycles. The summed E-state index contributed by atoms with van der Waals surface area (Å²) in [6.07, 6.45) is 0.517. The largest absolute Gasteiger partial charge is 0.495 e. The van der Waals surface area contributed by atoms with Gasteiger partial charge in [0.1, 0.15) is 10.6 Å². The zero-order chi connectivity index (χ0) is 23.8. The van der Waals surface area contributed by atoms with E-state index in [1.54, 1.807) is 6.92 Å². The van der Waals surface area contributed by atoms with Gasteiger partial charge in [0, 0.05) is 35.2 Å². The summed E-state index contributed by atoms with van der Waals surface area (Å²) >= 11 is 0. The molecule has 0 radical (unpaired) electrons. The average Bonchev–Trinajstić information content (AvgIpc) is 3.46. The summed E-state index contributed by atoms with van der Waals surface area (Å²) in [5.41, 5.74) is 2.01. The fourth-order valence-electron chi connectivity index (χ4n) is 4.15. The standard InChI is InChI=1S/C24H26N2O6S/c1-15-22(18-8-4-5-9-19(18)25-15)23(27)16(2)32-24(28)17-10-11-20(31-3)21(14-17)33(29,30)26-12-6-7-13-26/h4-5,8-11,14,16,25H,6-7,12-13H2,1-3H3. The summed E-state index contributed by atoms with van der Waals surface area (Å²) in [4.78, 5) is 29.0. The van der Waals surface area contributed by atoms with Gasteiger partial charge in [-0.3, -0.25) is 4.79 Å². The highest BCUT2D eigenvalue weighted by molar-refractivity contribution is 7.89. The molecule has 3 aromatic rings. The number of Topliss-reactive ketones (excluding diaryl/α,β-unsaturated/α-hetero) is 1. The zero-order valence-electron chi connectivity index (χ0n) is 18.8. The number of ketones is 1. The summed E-state index contributed by atoms with van der Waals surface area (Å²) < 4.78 is 38.2. The number of rotatable bonds is 7. The molecule has 0 aliphatic carbocycles. The van der Waals surface area contributed by atoms with Crippen LogP contribution in [0.25, 0.3) is 10.9 Å². The van der Waals surface area contributed by atoms with E-state index in [0.717, 1.165) is 23.7 Å². The van der Waals surface area contributed by atoms with E-state index in [1.165, 1.54) is 36.5 Å². The smallest absolute Gasteiger partial charge is 0.338 e. The predicted molar refractivity (Wildman–Crippen MR) is 123 cm³/mol. The Morgan fingerprint density at radius 1 is 1.09 bits per heavy atom. The lowest BCUT2D eigenvalue weighted by atomic mass is 10.0. The molecule has 0 saturated carbocycles. The first kappa shape index (κ1) is 23.0. The van der Waals surface area contributed by atoms with E-state index in [9.17, 15) is 18.0 Å². The number of carbonyl (C=O) groups excluding carboxylic acids is 2. The molecule has 2 aromatic carbocycles. The number of carbonyl (C=O) groups is 2. The third-order valence-corrected chi connectivity index (χ3v) is 7.80. The normalized spacial score (nSPS) is 15.5. The van der Waals surface area contributed by atoms with E-state index in [0.29, 0.717) is 24.3 Å². The number of aryl methyl sites for hydroxylation is 1. The maximum absolute atomic E-state index is 13.1. The number of methoxy groups -OCH3 is 1. The molecule has 1 N–H and O–H groups in total. The van der Waals surface area contributed by atoms with Crippen molar-refractivity contribution < 1.29 is 27.5 Å². The zero-order valence-corrected chi connectivity index (χ0v) is 19.6. The van der Waals surface area contributed by atoms with Crippen molar-refractivity contribution in [2.45, 2.75) is 37.7 Å². The number of nitrogens with one attached hydrogen (secondary N) is 1. The lowest BCUT2D eigenvalue weighted by Crippen LogP contribution is -2.29. The number of ether oxygens (including phenoxy) is 2. The minimum atomic E-state index is -3.82. The van der Waals surface area contributed by atoms with Crippen LogP contribution in [-0.4, -0.2) is 55.8 Å². The molecule has 0 bridgehead atoms. The average molecular weight is 471 g/mol. The fraction of sp³-hybridized carbons (Fsp3) is 0.333. The number of aromatic nitrogens is 1. The number of para-hydroxylation sites is 1. The Morgan fingerprint density at radius 2 is 1.79 bits per heavy atom. The molecule has 1 atom stereocenters. The fourth-order valence-corrected chi connectivity index (χ4v) is 5.85. The van der Waals surface area contributed by atoms with Gasteiger partial charge in [-0.15, -0.1) is 0 Å². The molecule has 1 saturated heterocycles. The monoisotopic (exact) mass is 470 g/mol. The lowest BCUT2D eigenvalue weighted by molar-refractivity contribution is 0.0319. The van der Waals surface area contributed by atoms with Gasteiger partial charge in [-0.25, -0.2) is 13.2 Å². The van der Waals surface area contributed by atoms with E-state index in [4.69, 9.17) is 9.47 Å². The predicted octanol–water partition coefficient (Wildman–Crippen LogP) is 3.70. The first-order valence-corrected chi connectivity index (χ1v) is 12.2. The topological polar surface area (TPSA) is 106 Å². The number of hydrogen-bond acceptors (Lipinski definition) is 6. The molecule has 0 spiro atoms. The summed E-state index contributed by atoms with van der Waals surface area (Å²) in [7, 11) is -2.44. The van der Waals surface area contributed by atoms with Crippen molar-refractivity contribution in [3.8, 4) is 5.75 Å². The number of hydrogen-bond donors (Lipinski definition) is 1. The second-order valence-electron chi connectivity index (χ2n) is 8.06. The number of fused-ring (bicyclic) bond motifs is 1. The Bertz CT molecular complexity index is 1320. The molecule has 1 fully saturated rings. The summed E-state index contributed by atoms with van der Waals surface area (Å²) in [6.45, 7) is 4.15. The van der Waals surface area contributed by atoms with Crippen LogP contribution in [-0.2, 0) is 14.8 Å². The molecule has 1 aliphatic rings. The van der Waals surface area contributed by atoms with Crippen LogP contribution in [0.2, 0.25) is 0 Å². The van der Waals surface area contributed by atoms with E-state index in [2.05, 4.69) is 4.98 Å². The van der Waals surface area contributed by atoms with Crippen molar-refractivity contribution in [2.24, 2.45) is 0 Å². The summed E-state index contributed by atoms with van der Waals surface area (Å²) in [5.74, 6) is -0.970. The maximum Gasteiger partial charge on any atom is 0.338 e. The van der Waals surface area contributed by atoms with Crippen LogP contribution in [0, 0.1) is 6.92 Å². The maximum atomic E-state index is 13.1. The first-order valence-electron chi connectivity index (χ1n) is 10.7. The molecule has 174 valence electrons. The minimum absolute atomic E-state index is 0.0314. The Morgan fingerprint density at radius 3 is 2.48 bits per heavy atom. The highest BCUT2D eigenvalue weighted by atomic mass is 32.2. The van der Waals surface area contributed by atoms with Gasteiger partial charge in [0.25, 0.3) is 0 Å². The molecule has 2 heterocycles. The molecule has 8 nitrogen and oxygen atoms in total. The number of aromatic amines is 1. The molecule has 9 heteroatoms. The molecular weight excluding hydrogens is 444 g/mol. The first-order chi connectivity index (χ1) is 15.7. The summed E-state index contributed by atoms with van der Waals surface area (Å²) in [5, 5.41) is 0.756. The number of benzene rings is 2. The van der Waals surface area contributed by atoms with E-state index >= 15 is 0 Å². The molecule has 33 heavy (non-hydrogen) atoms. The van der Waals surface area contributed by atoms with Gasteiger partial charge in [0.15, 0.2) is 6.10 Å². The highest BCUT2D eigenvalue weighted by Gasteiger charge is 2.31. The Labute approximate surface area is 192 Å². The second-order valence-corrected chi connectivity index (χ2v) is 9.97. The molecule has 1 aliphatic heterocycles. The number of esters is 1. The van der Waals surface area contributed by atoms with Gasteiger partial charge in [0.05, 0.1) is 12.7 Å². The van der Waals surface area contributed by atoms with E-state index in [-0.39, 0.29) is 22.0 Å². The van der Waals surface area contributed by atoms with Crippen molar-refractivity contribution in [2.75, 3.05) is 20.2 Å². The quantitative estimate of drug-likeness (QED) is 0.417. The highest BCUT2D eigenvalue weighted by Crippen LogP contribution is 2.30. The van der Waals surface area contributed by atoms with Gasteiger partial charge in [-0.1, -0.05) is 18.2 Å². The van der Waals surface area contributed by atoms with Gasteiger partial charge in [0.2, 0.25) is 15.8 Å². The van der Waals surface area contributed by atoms with Crippen LogP contribution in [0.1, 0.15) is 46.2 Å². The van der Waals surface area contributed by atoms with Crippen molar-refractivity contribution in [1.29, 1.82) is 0 Å². The van der Waals surface area contributed by atoms with Crippen LogP contribution in [0.4, 0.5) is 0 Å². The molecule has 1 unspecified atom stereocenters. The number of nitrogens with zero attached hydrogens (tertiary/aromatic N) is 1. The van der Waals surface area contributed by atoms with Crippen molar-refractivity contribution >= 4 is 32.7 Å². The summed E-state index contributed by atoms with van der Waals surface area (Å²) in [6, 6.07) is 11.5. The van der Waals surface area contributed by atoms with Crippen molar-refractivity contribution in [3.63, 3.8) is 0 Å². The number of sulfonamides is 1. The van der Waals surface area contributed by atoms with Crippen LogP contribution in [0.5, 0.6) is 5.75 Å². The van der Waals surface area contributed by atoms with Gasteiger partial charge >= 0.3 is 5.97 Å². The van der Waals surface area contributed by atoms with Crippen LogP contribution < -0.4 is 4.74 Å². The van der Waals surface area contributed by atoms with Crippen molar-refractivity contribution in [3.05, 3.63) is 59.3 Å². The SMILES string of the molecule is COc1ccc(C(=O)OC(C)C(=O)c2c(C)[nH]c3ccccc23)cc1S(=O)(=O)N1CCCC1. The second kappa shape index (κ2) is 8.99. The minimum Gasteiger partial charge on any atom is -0.495 e. The van der Waals surface area contributed by atoms with Crippen LogP contribution >= 0.6 is 0 Å². The van der Waals surface area contributed by atoms with E-state index < -0.39 is 22.1 Å². The molecule has 4 rings (SSSR count). The number of H-pyrrole nitrogens is 1. The van der Waals surface area contributed by atoms with Crippen molar-refractivity contribution in [1.82, 2.24) is 9.29 Å². The van der Waals surface area contributed by atoms with Gasteiger partial charge in [-0.2, -0.15) is 4.31 Å². The lowest BCUT2D eigenvalue weighted by Gasteiger charge is -2.18. The van der Waals surface area contributed by atoms with Crippen LogP contribution in [0.15, 0.2) is 47.4 Å². The van der Waals surface area contributed by atoms with Gasteiger partial charge < -0.3 is 14.5 Å². The third kappa shape index (κ3) is 4.26.